The van der Waals surface area contributed by atoms with E-state index < -0.39 is 5.41 Å². The maximum Gasteiger partial charge on any atom is 0.235 e. The quantitative estimate of drug-likeness (QED) is 0.356. The number of nitrogens with one attached hydrogen (secondary N) is 2. The van der Waals surface area contributed by atoms with Gasteiger partial charge < -0.3 is 20.1 Å². The summed E-state index contributed by atoms with van der Waals surface area (Å²) >= 11 is 6.00. The van der Waals surface area contributed by atoms with Crippen molar-refractivity contribution >= 4 is 45.6 Å². The van der Waals surface area contributed by atoms with Crippen molar-refractivity contribution in [3.63, 3.8) is 0 Å². The van der Waals surface area contributed by atoms with Crippen LogP contribution in [-0.4, -0.2) is 30.1 Å². The van der Waals surface area contributed by atoms with Crippen LogP contribution in [0.1, 0.15) is 18.4 Å². The number of halogens is 1. The Labute approximate surface area is 202 Å². The second kappa shape index (κ2) is 8.83. The molecule has 0 spiro atoms. The number of amides is 1. The van der Waals surface area contributed by atoms with Crippen LogP contribution in [-0.2, 0) is 10.2 Å². The number of hydrogen-bond donors (Lipinski definition) is 2. The van der Waals surface area contributed by atoms with Gasteiger partial charge in [-0.1, -0.05) is 23.7 Å². The third-order valence-electron chi connectivity index (χ3n) is 6.13. The second-order valence-electron chi connectivity index (χ2n) is 8.19. The van der Waals surface area contributed by atoms with E-state index in [-0.39, 0.29) is 5.91 Å². The Balaban J connectivity index is 1.33. The van der Waals surface area contributed by atoms with Gasteiger partial charge in [-0.05, 0) is 60.9 Å². The van der Waals surface area contributed by atoms with Crippen molar-refractivity contribution in [3.05, 3.63) is 77.6 Å². The lowest BCUT2D eigenvalue weighted by atomic mass is 9.95. The van der Waals surface area contributed by atoms with E-state index in [1.807, 2.05) is 60.7 Å². The molecule has 1 aliphatic rings. The molecule has 3 aromatic carbocycles. The summed E-state index contributed by atoms with van der Waals surface area (Å²) < 4.78 is 10.8. The Hall–Kier alpha value is -3.84. The first-order chi connectivity index (χ1) is 16.5. The molecule has 0 bridgehead atoms. The number of nitrogens with zero attached hydrogens (tertiary/aromatic N) is 2. The summed E-state index contributed by atoms with van der Waals surface area (Å²) in [6, 6.07) is 18.7. The molecule has 0 saturated heterocycles. The molecule has 4 aromatic rings. The lowest BCUT2D eigenvalue weighted by molar-refractivity contribution is -0.118. The molecule has 1 aromatic heterocycles. The predicted molar refractivity (Wildman–Crippen MR) is 133 cm³/mol. The monoisotopic (exact) mass is 474 g/mol. The molecule has 1 heterocycles. The van der Waals surface area contributed by atoms with Crippen LogP contribution in [0.15, 0.2) is 67.0 Å². The smallest absolute Gasteiger partial charge is 0.235 e. The number of benzene rings is 3. The van der Waals surface area contributed by atoms with Crippen molar-refractivity contribution in [2.45, 2.75) is 18.3 Å². The summed E-state index contributed by atoms with van der Waals surface area (Å²) in [6.45, 7) is 0. The fourth-order valence-electron chi connectivity index (χ4n) is 4.05. The topological polar surface area (TPSA) is 85.4 Å². The van der Waals surface area contributed by atoms with Gasteiger partial charge >= 0.3 is 0 Å². The number of ether oxygens (including phenoxy) is 2. The fourth-order valence-corrected chi connectivity index (χ4v) is 4.17. The number of fused-ring (bicyclic) bond motifs is 1. The molecule has 0 aliphatic heterocycles. The van der Waals surface area contributed by atoms with E-state index in [0.29, 0.717) is 22.3 Å². The number of rotatable bonds is 7. The normalized spacial score (nSPS) is 13.9. The maximum atomic E-state index is 13.0. The zero-order valence-corrected chi connectivity index (χ0v) is 19.5. The maximum absolute atomic E-state index is 13.0. The predicted octanol–water partition coefficient (Wildman–Crippen LogP) is 5.71. The number of carbonyl (C=O) groups excluding carboxylic acids is 1. The molecule has 34 heavy (non-hydrogen) atoms. The highest BCUT2D eigenvalue weighted by molar-refractivity contribution is 6.30. The van der Waals surface area contributed by atoms with Gasteiger partial charge in [-0.3, -0.25) is 4.79 Å². The highest BCUT2D eigenvalue weighted by atomic mass is 35.5. The van der Waals surface area contributed by atoms with E-state index in [1.54, 1.807) is 14.2 Å². The Morgan fingerprint density at radius 3 is 2.21 bits per heavy atom. The molecule has 8 heteroatoms. The summed E-state index contributed by atoms with van der Waals surface area (Å²) in [7, 11) is 3.18. The van der Waals surface area contributed by atoms with Gasteiger partial charge in [-0.25, -0.2) is 9.97 Å². The van der Waals surface area contributed by atoms with Crippen LogP contribution in [0.25, 0.3) is 10.9 Å². The molecule has 0 atom stereocenters. The molecule has 0 unspecified atom stereocenters. The third kappa shape index (κ3) is 4.10. The van der Waals surface area contributed by atoms with Gasteiger partial charge in [0.1, 0.15) is 12.1 Å². The van der Waals surface area contributed by atoms with Crippen LogP contribution in [0.5, 0.6) is 11.5 Å². The molecule has 1 aliphatic carbocycles. The van der Waals surface area contributed by atoms with Crippen molar-refractivity contribution in [3.8, 4) is 11.5 Å². The van der Waals surface area contributed by atoms with Crippen LogP contribution >= 0.6 is 11.6 Å². The highest BCUT2D eigenvalue weighted by Gasteiger charge is 2.51. The molecule has 0 radical (unpaired) electrons. The lowest BCUT2D eigenvalue weighted by Gasteiger charge is -2.16. The van der Waals surface area contributed by atoms with Crippen molar-refractivity contribution in [2.75, 3.05) is 24.9 Å². The van der Waals surface area contributed by atoms with Crippen LogP contribution in [0.3, 0.4) is 0 Å². The van der Waals surface area contributed by atoms with Gasteiger partial charge in [0.05, 0.1) is 25.2 Å². The Morgan fingerprint density at radius 2 is 1.56 bits per heavy atom. The van der Waals surface area contributed by atoms with E-state index in [4.69, 9.17) is 21.1 Å². The minimum absolute atomic E-state index is 0.00151. The standard InChI is InChI=1S/C26H23ClN4O3/c1-33-22-13-20-21(14-23(22)34-2)28-15-29-24(20)30-18-7-9-19(10-8-18)31-25(32)26(11-12-26)16-3-5-17(27)6-4-16/h3-10,13-15H,11-12H2,1-2H3,(H,31,32)(H,28,29,30). The average Bonchev–Trinajstić information content (AvgIpc) is 3.67. The Kier molecular flexibility index (Phi) is 5.71. The summed E-state index contributed by atoms with van der Waals surface area (Å²) in [5.41, 5.74) is 2.81. The Morgan fingerprint density at radius 1 is 0.912 bits per heavy atom. The molecule has 1 amide bonds. The first kappa shape index (κ1) is 22.0. The van der Waals surface area contributed by atoms with Crippen LogP contribution < -0.4 is 20.1 Å². The van der Waals surface area contributed by atoms with Gasteiger partial charge in [0, 0.05) is 27.8 Å². The number of anilines is 3. The number of hydrogen-bond acceptors (Lipinski definition) is 6. The molecule has 1 saturated carbocycles. The number of carbonyl (C=O) groups is 1. The first-order valence-corrected chi connectivity index (χ1v) is 11.2. The third-order valence-corrected chi connectivity index (χ3v) is 6.38. The van der Waals surface area contributed by atoms with E-state index in [1.165, 1.54) is 6.33 Å². The summed E-state index contributed by atoms with van der Waals surface area (Å²) in [6.07, 6.45) is 3.15. The van der Waals surface area contributed by atoms with Crippen molar-refractivity contribution in [1.29, 1.82) is 0 Å². The number of methoxy groups -OCH3 is 2. The summed E-state index contributed by atoms with van der Waals surface area (Å²) in [5, 5.41) is 7.83. The van der Waals surface area contributed by atoms with E-state index in [2.05, 4.69) is 20.6 Å². The van der Waals surface area contributed by atoms with Crippen LogP contribution in [0.4, 0.5) is 17.2 Å². The minimum atomic E-state index is -0.471. The first-order valence-electron chi connectivity index (χ1n) is 10.8. The summed E-state index contributed by atoms with van der Waals surface area (Å²) in [5.74, 6) is 1.84. The van der Waals surface area contributed by atoms with Crippen LogP contribution in [0.2, 0.25) is 5.02 Å². The van der Waals surface area contributed by atoms with Gasteiger partial charge in [0.2, 0.25) is 5.91 Å². The van der Waals surface area contributed by atoms with E-state index in [0.717, 1.165) is 40.7 Å². The van der Waals surface area contributed by atoms with Gasteiger partial charge in [-0.15, -0.1) is 0 Å². The van der Waals surface area contributed by atoms with Gasteiger partial charge in [0.25, 0.3) is 0 Å². The molecule has 172 valence electrons. The SMILES string of the molecule is COc1cc2ncnc(Nc3ccc(NC(=O)C4(c5ccc(Cl)cc5)CC4)cc3)c2cc1OC. The number of aromatic nitrogens is 2. The zero-order chi connectivity index (χ0) is 23.7. The minimum Gasteiger partial charge on any atom is -0.493 e. The van der Waals surface area contributed by atoms with Crippen molar-refractivity contribution in [1.82, 2.24) is 9.97 Å². The van der Waals surface area contributed by atoms with E-state index in [9.17, 15) is 4.79 Å². The molecular weight excluding hydrogens is 452 g/mol. The van der Waals surface area contributed by atoms with Crippen molar-refractivity contribution in [2.24, 2.45) is 0 Å². The molecular formula is C26H23ClN4O3. The molecule has 2 N–H and O–H groups in total. The average molecular weight is 475 g/mol. The molecule has 7 nitrogen and oxygen atoms in total. The second-order valence-corrected chi connectivity index (χ2v) is 8.63. The molecule has 5 rings (SSSR count). The van der Waals surface area contributed by atoms with E-state index >= 15 is 0 Å². The highest BCUT2D eigenvalue weighted by Crippen LogP contribution is 2.49. The zero-order valence-electron chi connectivity index (χ0n) is 18.8. The fraction of sp³-hybridized carbons (Fsp3) is 0.192. The molecule has 1 fully saturated rings. The van der Waals surface area contributed by atoms with Crippen LogP contribution in [0, 0.1) is 0 Å². The summed E-state index contributed by atoms with van der Waals surface area (Å²) in [4.78, 5) is 21.7. The van der Waals surface area contributed by atoms with Crippen molar-refractivity contribution < 1.29 is 14.3 Å². The van der Waals surface area contributed by atoms with Gasteiger partial charge in [-0.2, -0.15) is 0 Å². The lowest BCUT2D eigenvalue weighted by Crippen LogP contribution is -2.27. The van der Waals surface area contributed by atoms with Gasteiger partial charge in [0.15, 0.2) is 11.5 Å². The Bertz CT molecular complexity index is 1350. The largest absolute Gasteiger partial charge is 0.493 e.